The van der Waals surface area contributed by atoms with E-state index in [1.54, 1.807) is 37.1 Å². The highest BCUT2D eigenvalue weighted by atomic mass is 19.1. The van der Waals surface area contributed by atoms with Crippen LogP contribution in [0.3, 0.4) is 0 Å². The summed E-state index contributed by atoms with van der Waals surface area (Å²) in [5.74, 6) is -2.65. The SMILES string of the molecule is CCc1c(F)cc(N2CCN(C(=O)C(=O)NC3=CCC=CC(N(C)C(=O)NC)=C3)CC2)cc1F. The molecule has 2 aliphatic rings. The number of carbonyl (C=O) groups excluding carboxylic acids is 3. The Hall–Kier alpha value is -3.69. The van der Waals surface area contributed by atoms with Crippen molar-refractivity contribution in [1.29, 1.82) is 0 Å². The normalized spacial score (nSPS) is 15.8. The third kappa shape index (κ3) is 5.62. The van der Waals surface area contributed by atoms with Crippen molar-refractivity contribution in [2.24, 2.45) is 0 Å². The van der Waals surface area contributed by atoms with Gasteiger partial charge in [-0.25, -0.2) is 13.6 Å². The quantitative estimate of drug-likeness (QED) is 0.658. The lowest BCUT2D eigenvalue weighted by molar-refractivity contribution is -0.145. The lowest BCUT2D eigenvalue weighted by Gasteiger charge is -2.35. The maximum atomic E-state index is 14.1. The molecular formula is C24H29F2N5O3. The fraction of sp³-hybridized carbons (Fsp3) is 0.375. The van der Waals surface area contributed by atoms with Gasteiger partial charge in [-0.1, -0.05) is 19.1 Å². The van der Waals surface area contributed by atoms with Crippen molar-refractivity contribution >= 4 is 23.5 Å². The smallest absolute Gasteiger partial charge is 0.321 e. The Kier molecular flexibility index (Phi) is 8.04. The van der Waals surface area contributed by atoms with Crippen LogP contribution in [-0.4, -0.2) is 67.9 Å². The zero-order valence-corrected chi connectivity index (χ0v) is 19.5. The number of piperazine rings is 1. The number of likely N-dealkylation sites (N-methyl/N-ethyl adjacent to an activating group) is 1. The first-order valence-electron chi connectivity index (χ1n) is 11.1. The maximum absolute atomic E-state index is 14.1. The number of allylic oxidation sites excluding steroid dienone is 4. The van der Waals surface area contributed by atoms with E-state index in [0.29, 0.717) is 36.6 Å². The molecule has 1 aliphatic carbocycles. The number of benzene rings is 1. The Labute approximate surface area is 197 Å². The summed E-state index contributed by atoms with van der Waals surface area (Å²) in [6.07, 6.45) is 7.74. The predicted octanol–water partition coefficient (Wildman–Crippen LogP) is 2.29. The number of hydrogen-bond acceptors (Lipinski definition) is 4. The Morgan fingerprint density at radius 1 is 1.09 bits per heavy atom. The molecule has 2 N–H and O–H groups in total. The average Bonchev–Trinajstić information content (AvgIpc) is 3.08. The van der Waals surface area contributed by atoms with Crippen LogP contribution in [0, 0.1) is 11.6 Å². The molecule has 0 saturated carbocycles. The third-order valence-electron chi connectivity index (χ3n) is 5.84. The number of carbonyl (C=O) groups is 3. The molecule has 0 aromatic heterocycles. The van der Waals surface area contributed by atoms with Gasteiger partial charge in [-0.3, -0.25) is 14.5 Å². The third-order valence-corrected chi connectivity index (χ3v) is 5.84. The summed E-state index contributed by atoms with van der Waals surface area (Å²) in [5.41, 5.74) is 1.43. The minimum atomic E-state index is -0.788. The number of urea groups is 1. The zero-order chi connectivity index (χ0) is 24.8. The van der Waals surface area contributed by atoms with Gasteiger partial charge in [0.25, 0.3) is 0 Å². The number of nitrogens with zero attached hydrogens (tertiary/aromatic N) is 3. The lowest BCUT2D eigenvalue weighted by Crippen LogP contribution is -2.52. The topological polar surface area (TPSA) is 85.0 Å². The van der Waals surface area contributed by atoms with Gasteiger partial charge in [-0.2, -0.15) is 0 Å². The lowest BCUT2D eigenvalue weighted by atomic mass is 10.1. The van der Waals surface area contributed by atoms with Crippen LogP contribution in [-0.2, 0) is 16.0 Å². The van der Waals surface area contributed by atoms with E-state index in [2.05, 4.69) is 10.6 Å². The molecule has 1 aromatic carbocycles. The van der Waals surface area contributed by atoms with Gasteiger partial charge < -0.3 is 20.4 Å². The Morgan fingerprint density at radius 2 is 1.74 bits per heavy atom. The van der Waals surface area contributed by atoms with Crippen molar-refractivity contribution in [3.8, 4) is 0 Å². The second kappa shape index (κ2) is 11.0. The fourth-order valence-corrected chi connectivity index (χ4v) is 3.84. The minimum absolute atomic E-state index is 0.0518. The van der Waals surface area contributed by atoms with Crippen LogP contribution in [0.4, 0.5) is 19.3 Å². The molecule has 4 amide bonds. The van der Waals surface area contributed by atoms with E-state index in [9.17, 15) is 23.2 Å². The van der Waals surface area contributed by atoms with Crippen molar-refractivity contribution in [2.75, 3.05) is 45.2 Å². The molecule has 1 saturated heterocycles. The van der Waals surface area contributed by atoms with Gasteiger partial charge in [-0.15, -0.1) is 0 Å². The van der Waals surface area contributed by atoms with Crippen LogP contribution < -0.4 is 15.5 Å². The molecule has 1 aliphatic heterocycles. The van der Waals surface area contributed by atoms with Crippen molar-refractivity contribution in [3.05, 3.63) is 65.0 Å². The second-order valence-corrected chi connectivity index (χ2v) is 7.96. The van der Waals surface area contributed by atoms with Crippen LogP contribution in [0.2, 0.25) is 0 Å². The fourth-order valence-electron chi connectivity index (χ4n) is 3.84. The minimum Gasteiger partial charge on any atom is -0.368 e. The van der Waals surface area contributed by atoms with Gasteiger partial charge in [-0.05, 0) is 37.1 Å². The maximum Gasteiger partial charge on any atom is 0.321 e. The summed E-state index contributed by atoms with van der Waals surface area (Å²) in [6, 6.07) is 2.29. The molecule has 0 radical (unpaired) electrons. The molecule has 182 valence electrons. The van der Waals surface area contributed by atoms with Crippen LogP contribution in [0.5, 0.6) is 0 Å². The molecule has 34 heavy (non-hydrogen) atoms. The summed E-state index contributed by atoms with van der Waals surface area (Å²) in [7, 11) is 3.11. The van der Waals surface area contributed by atoms with E-state index in [0.717, 1.165) is 0 Å². The monoisotopic (exact) mass is 473 g/mol. The standard InChI is InChI=1S/C24H29F2N5O3/c1-4-19-20(25)14-18(15-21(19)26)30-9-11-31(12-10-30)23(33)22(32)28-16-7-5-6-8-17(13-16)29(3)24(34)27-2/h6-8,13-15H,4-5,9-12H2,1-3H3,(H,27,34)(H,28,32). The van der Waals surface area contributed by atoms with Crippen molar-refractivity contribution < 1.29 is 23.2 Å². The largest absolute Gasteiger partial charge is 0.368 e. The van der Waals surface area contributed by atoms with Gasteiger partial charge in [0.05, 0.1) is 0 Å². The highest BCUT2D eigenvalue weighted by Gasteiger charge is 2.27. The molecule has 10 heteroatoms. The Bertz CT molecular complexity index is 1040. The predicted molar refractivity (Wildman–Crippen MR) is 125 cm³/mol. The molecule has 1 heterocycles. The van der Waals surface area contributed by atoms with Crippen LogP contribution in [0.1, 0.15) is 18.9 Å². The van der Waals surface area contributed by atoms with Gasteiger partial charge in [0.15, 0.2) is 0 Å². The molecule has 1 aromatic rings. The van der Waals surface area contributed by atoms with E-state index < -0.39 is 23.4 Å². The van der Waals surface area contributed by atoms with E-state index in [1.807, 2.05) is 6.08 Å². The van der Waals surface area contributed by atoms with Gasteiger partial charge in [0.1, 0.15) is 11.6 Å². The molecule has 0 bridgehead atoms. The first kappa shape index (κ1) is 24.9. The number of nitrogens with one attached hydrogen (secondary N) is 2. The second-order valence-electron chi connectivity index (χ2n) is 7.96. The van der Waals surface area contributed by atoms with Crippen molar-refractivity contribution in [1.82, 2.24) is 20.4 Å². The number of anilines is 1. The number of halogens is 2. The first-order chi connectivity index (χ1) is 16.2. The summed E-state index contributed by atoms with van der Waals surface area (Å²) in [4.78, 5) is 41.8. The Morgan fingerprint density at radius 3 is 2.32 bits per heavy atom. The summed E-state index contributed by atoms with van der Waals surface area (Å²) < 4.78 is 28.3. The molecule has 0 spiro atoms. The van der Waals surface area contributed by atoms with Crippen molar-refractivity contribution in [3.63, 3.8) is 0 Å². The highest BCUT2D eigenvalue weighted by Crippen LogP contribution is 2.23. The van der Waals surface area contributed by atoms with Crippen molar-refractivity contribution in [2.45, 2.75) is 19.8 Å². The molecule has 3 rings (SSSR count). The molecule has 1 fully saturated rings. The zero-order valence-electron chi connectivity index (χ0n) is 19.5. The Balaban J connectivity index is 1.60. The first-order valence-corrected chi connectivity index (χ1v) is 11.1. The van der Waals surface area contributed by atoms with E-state index >= 15 is 0 Å². The van der Waals surface area contributed by atoms with Gasteiger partial charge in [0, 0.05) is 62.9 Å². The van der Waals surface area contributed by atoms with E-state index in [4.69, 9.17) is 0 Å². The van der Waals surface area contributed by atoms with E-state index in [1.165, 1.54) is 29.0 Å². The van der Waals surface area contributed by atoms with Gasteiger partial charge >= 0.3 is 17.8 Å². The van der Waals surface area contributed by atoms with Gasteiger partial charge in [0.2, 0.25) is 0 Å². The number of rotatable bonds is 4. The highest BCUT2D eigenvalue weighted by molar-refractivity contribution is 6.35. The summed E-state index contributed by atoms with van der Waals surface area (Å²) in [5, 5.41) is 5.14. The van der Waals surface area contributed by atoms with Crippen LogP contribution in [0.25, 0.3) is 0 Å². The molecule has 8 nitrogen and oxygen atoms in total. The number of hydrogen-bond donors (Lipinski definition) is 2. The molecular weight excluding hydrogens is 444 g/mol. The average molecular weight is 474 g/mol. The van der Waals surface area contributed by atoms with Crippen LogP contribution >= 0.6 is 0 Å². The number of amides is 4. The molecule has 0 unspecified atom stereocenters. The summed E-state index contributed by atoms with van der Waals surface area (Å²) in [6.45, 7) is 2.86. The van der Waals surface area contributed by atoms with E-state index in [-0.39, 0.29) is 31.1 Å². The summed E-state index contributed by atoms with van der Waals surface area (Å²) >= 11 is 0. The molecule has 0 atom stereocenters. The van der Waals surface area contributed by atoms with Crippen LogP contribution in [0.15, 0.2) is 47.8 Å².